The van der Waals surface area contributed by atoms with Gasteiger partial charge in [0.25, 0.3) is 0 Å². The molecule has 12 rings (SSSR count). The van der Waals surface area contributed by atoms with Gasteiger partial charge in [-0.3, -0.25) is 0 Å². The van der Waals surface area contributed by atoms with Gasteiger partial charge in [0.15, 0.2) is 28.9 Å². The predicted molar refractivity (Wildman–Crippen MR) is 240 cm³/mol. The van der Waals surface area contributed by atoms with Crippen LogP contribution in [0.15, 0.2) is 168 Å². The summed E-state index contributed by atoms with van der Waals surface area (Å²) in [4.78, 5) is 25.7. The Balaban J connectivity index is 1.02. The Labute approximate surface area is 343 Å². The number of thiophene rings is 1. The van der Waals surface area contributed by atoms with E-state index in [4.69, 9.17) is 29.3 Å². The molecule has 0 unspecified atom stereocenters. The van der Waals surface area contributed by atoms with Gasteiger partial charge in [-0.1, -0.05) is 147 Å². The van der Waals surface area contributed by atoms with Crippen molar-refractivity contribution in [1.29, 1.82) is 0 Å². The minimum absolute atomic E-state index is 0.149. The van der Waals surface area contributed by atoms with E-state index in [1.807, 2.05) is 78.9 Å². The van der Waals surface area contributed by atoms with Crippen LogP contribution in [-0.4, -0.2) is 24.9 Å². The summed E-state index contributed by atoms with van der Waals surface area (Å²) in [5, 5.41) is 3.21. The highest BCUT2D eigenvalue weighted by Crippen LogP contribution is 2.50. The van der Waals surface area contributed by atoms with Crippen LogP contribution < -0.4 is 0 Å². The number of nitrogens with zero attached hydrogens (tertiary/aromatic N) is 5. The topological polar surface area (TPSA) is 77.6 Å². The molecule has 4 aromatic heterocycles. The summed E-state index contributed by atoms with van der Waals surface area (Å²) in [5.41, 5.74) is 12.9. The first-order valence-corrected chi connectivity index (χ1v) is 20.6. The molecule has 6 nitrogen and oxygen atoms in total. The summed E-state index contributed by atoms with van der Waals surface area (Å²) in [6.07, 6.45) is 0. The van der Waals surface area contributed by atoms with Gasteiger partial charge in [-0.2, -0.15) is 0 Å². The Kier molecular flexibility index (Phi) is 7.34. The Hall–Kier alpha value is -7.35. The van der Waals surface area contributed by atoms with Gasteiger partial charge in [0.05, 0.1) is 0 Å². The first-order valence-electron chi connectivity index (χ1n) is 19.7. The van der Waals surface area contributed by atoms with E-state index >= 15 is 0 Å². The number of hydrogen-bond acceptors (Lipinski definition) is 7. The summed E-state index contributed by atoms with van der Waals surface area (Å²) in [6.45, 7) is 4.61. The van der Waals surface area contributed by atoms with Crippen LogP contribution in [-0.2, 0) is 5.41 Å². The summed E-state index contributed by atoms with van der Waals surface area (Å²) in [6, 6.07) is 56.7. The van der Waals surface area contributed by atoms with E-state index in [0.717, 1.165) is 70.2 Å². The van der Waals surface area contributed by atoms with Crippen molar-refractivity contribution in [3.63, 3.8) is 0 Å². The third-order valence-corrected chi connectivity index (χ3v) is 12.9. The summed E-state index contributed by atoms with van der Waals surface area (Å²) < 4.78 is 8.84. The van der Waals surface area contributed by atoms with Gasteiger partial charge < -0.3 is 4.42 Å². The van der Waals surface area contributed by atoms with Gasteiger partial charge in [-0.05, 0) is 52.6 Å². The Morgan fingerprint density at radius 3 is 1.88 bits per heavy atom. The molecule has 0 spiro atoms. The molecule has 0 bridgehead atoms. The van der Waals surface area contributed by atoms with Crippen molar-refractivity contribution < 1.29 is 4.42 Å². The quantitative estimate of drug-likeness (QED) is 0.173. The molecule has 0 saturated heterocycles. The van der Waals surface area contributed by atoms with Gasteiger partial charge >= 0.3 is 0 Å². The van der Waals surface area contributed by atoms with Crippen LogP contribution in [0.5, 0.6) is 0 Å². The molecule has 7 aromatic carbocycles. The minimum atomic E-state index is -0.149. The van der Waals surface area contributed by atoms with Gasteiger partial charge in [-0.25, -0.2) is 24.9 Å². The van der Waals surface area contributed by atoms with Gasteiger partial charge in [-0.15, -0.1) is 11.3 Å². The van der Waals surface area contributed by atoms with Crippen LogP contribution in [0, 0.1) is 0 Å². The average molecular weight is 776 g/mol. The molecule has 0 aliphatic heterocycles. The van der Waals surface area contributed by atoms with Crippen LogP contribution in [0.4, 0.5) is 0 Å². The van der Waals surface area contributed by atoms with E-state index in [9.17, 15) is 0 Å². The predicted octanol–water partition coefficient (Wildman–Crippen LogP) is 13.6. The molecule has 0 saturated carbocycles. The molecule has 0 N–H and O–H groups in total. The lowest BCUT2D eigenvalue weighted by Crippen LogP contribution is -2.14. The standard InChI is InChI=1S/C52H33N5OS/c1-52(2)39-21-11-9-18-34(39)35-26-24-32(28-40(35)52)45-47-46(36-19-10-12-22-41(36)58-47)54-50(53-45)33-25-27-37-43(29-33)59-42-23-13-20-38(44(37)42)51-56-48(30-14-5-3-6-15-30)55-49(57-51)31-16-7-4-8-17-31/h3-29H,1-2H3. The molecule has 278 valence electrons. The third kappa shape index (κ3) is 5.28. The maximum atomic E-state index is 6.56. The zero-order valence-electron chi connectivity index (χ0n) is 32.1. The van der Waals surface area contributed by atoms with Crippen molar-refractivity contribution in [3.05, 3.63) is 175 Å². The number of fused-ring (bicyclic) bond motifs is 9. The van der Waals surface area contributed by atoms with Crippen LogP contribution in [0.1, 0.15) is 25.0 Å². The van der Waals surface area contributed by atoms with E-state index in [1.54, 1.807) is 11.3 Å². The SMILES string of the molecule is CC1(C)c2ccccc2-c2ccc(-c3nc(-c4ccc5c(c4)sc4cccc(-c6nc(-c7ccccc7)nc(-c7ccccc7)n6)c45)nc4c3oc3ccccc34)cc21. The lowest BCUT2D eigenvalue weighted by Gasteiger charge is -2.21. The van der Waals surface area contributed by atoms with Crippen molar-refractivity contribution in [2.75, 3.05) is 0 Å². The largest absolute Gasteiger partial charge is 0.452 e. The molecule has 59 heavy (non-hydrogen) atoms. The molecule has 0 atom stereocenters. The Morgan fingerprint density at radius 1 is 0.441 bits per heavy atom. The van der Waals surface area contributed by atoms with E-state index in [0.29, 0.717) is 28.9 Å². The number of furan rings is 1. The second kappa shape index (κ2) is 12.8. The number of rotatable bonds is 5. The van der Waals surface area contributed by atoms with Gasteiger partial charge in [0.1, 0.15) is 16.8 Å². The molecular weight excluding hydrogens is 743 g/mol. The zero-order chi connectivity index (χ0) is 39.2. The smallest absolute Gasteiger partial charge is 0.180 e. The minimum Gasteiger partial charge on any atom is -0.452 e. The fourth-order valence-electron chi connectivity index (χ4n) is 8.85. The second-order valence-corrected chi connectivity index (χ2v) is 16.7. The molecule has 4 heterocycles. The van der Waals surface area contributed by atoms with Crippen molar-refractivity contribution in [1.82, 2.24) is 24.9 Å². The van der Waals surface area contributed by atoms with E-state index in [-0.39, 0.29) is 5.41 Å². The van der Waals surface area contributed by atoms with Crippen LogP contribution >= 0.6 is 11.3 Å². The molecule has 1 aliphatic carbocycles. The average Bonchev–Trinajstić information content (AvgIpc) is 3.93. The van der Waals surface area contributed by atoms with Crippen molar-refractivity contribution in [2.45, 2.75) is 19.3 Å². The first kappa shape index (κ1) is 33.8. The van der Waals surface area contributed by atoms with Crippen molar-refractivity contribution in [2.24, 2.45) is 0 Å². The van der Waals surface area contributed by atoms with E-state index < -0.39 is 0 Å². The molecule has 11 aromatic rings. The Bertz CT molecular complexity index is 3420. The third-order valence-electron chi connectivity index (χ3n) is 11.8. The molecule has 7 heteroatoms. The van der Waals surface area contributed by atoms with Crippen molar-refractivity contribution >= 4 is 53.6 Å². The molecule has 1 aliphatic rings. The summed E-state index contributed by atoms with van der Waals surface area (Å²) >= 11 is 1.75. The number of aromatic nitrogens is 5. The van der Waals surface area contributed by atoms with Crippen LogP contribution in [0.2, 0.25) is 0 Å². The monoisotopic (exact) mass is 775 g/mol. The van der Waals surface area contributed by atoms with Gasteiger partial charge in [0, 0.05) is 58.8 Å². The van der Waals surface area contributed by atoms with E-state index in [2.05, 4.69) is 98.8 Å². The normalized spacial score (nSPS) is 13.1. The number of para-hydroxylation sites is 1. The molecular formula is C52H33N5OS. The van der Waals surface area contributed by atoms with Crippen LogP contribution in [0.25, 0.3) is 110 Å². The molecule has 0 amide bonds. The van der Waals surface area contributed by atoms with E-state index in [1.165, 1.54) is 22.3 Å². The fourth-order valence-corrected chi connectivity index (χ4v) is 10.0. The molecule has 0 fully saturated rings. The lowest BCUT2D eigenvalue weighted by molar-refractivity contribution is 0.659. The Morgan fingerprint density at radius 2 is 1.08 bits per heavy atom. The number of benzene rings is 7. The molecule has 0 radical (unpaired) electrons. The fraction of sp³-hybridized carbons (Fsp3) is 0.0577. The first-order chi connectivity index (χ1) is 29.0. The lowest BCUT2D eigenvalue weighted by atomic mass is 9.82. The number of hydrogen-bond donors (Lipinski definition) is 0. The van der Waals surface area contributed by atoms with Crippen LogP contribution in [0.3, 0.4) is 0 Å². The highest BCUT2D eigenvalue weighted by Gasteiger charge is 2.35. The maximum absolute atomic E-state index is 6.56. The highest BCUT2D eigenvalue weighted by molar-refractivity contribution is 7.26. The van der Waals surface area contributed by atoms with Crippen molar-refractivity contribution in [3.8, 4) is 67.9 Å². The maximum Gasteiger partial charge on any atom is 0.180 e. The highest BCUT2D eigenvalue weighted by atomic mass is 32.1. The van der Waals surface area contributed by atoms with Gasteiger partial charge in [0.2, 0.25) is 0 Å². The zero-order valence-corrected chi connectivity index (χ0v) is 33.0. The second-order valence-electron chi connectivity index (χ2n) is 15.6. The summed E-state index contributed by atoms with van der Waals surface area (Å²) in [5.74, 6) is 2.57. The summed E-state index contributed by atoms with van der Waals surface area (Å²) in [7, 11) is 0.